The van der Waals surface area contributed by atoms with E-state index in [1.54, 1.807) is 0 Å². The molecule has 0 amide bonds. The maximum Gasteiger partial charge on any atom is 0.115 e. The summed E-state index contributed by atoms with van der Waals surface area (Å²) in [6.45, 7) is 12.1. The lowest BCUT2D eigenvalue weighted by Gasteiger charge is -2.42. The largest absolute Gasteiger partial charge is 0.381 e. The summed E-state index contributed by atoms with van der Waals surface area (Å²) in [7, 11) is 0. The molecule has 23 heavy (non-hydrogen) atoms. The van der Waals surface area contributed by atoms with Gasteiger partial charge in [-0.15, -0.1) is 0 Å². The molecule has 2 aliphatic rings. The molecule has 124 valence electrons. The third kappa shape index (κ3) is 2.79. The van der Waals surface area contributed by atoms with Gasteiger partial charge in [0.2, 0.25) is 0 Å². The summed E-state index contributed by atoms with van der Waals surface area (Å²) in [5.74, 6) is 1.95. The SMILES string of the molecule is CC(C)(C)c1nc2ccccc2n1C1CN(CC2CCOC2)C1. The molecular formula is C19H27N3O. The van der Waals surface area contributed by atoms with Crippen LogP contribution >= 0.6 is 0 Å². The van der Waals surface area contributed by atoms with Gasteiger partial charge in [0, 0.05) is 31.7 Å². The Bertz CT molecular complexity index is 688. The Morgan fingerprint density at radius 3 is 2.70 bits per heavy atom. The van der Waals surface area contributed by atoms with Crippen LogP contribution in [0.5, 0.6) is 0 Å². The van der Waals surface area contributed by atoms with Crippen molar-refractivity contribution in [1.29, 1.82) is 0 Å². The predicted octanol–water partition coefficient (Wildman–Crippen LogP) is 3.23. The highest BCUT2D eigenvalue weighted by Gasteiger charge is 2.35. The Kier molecular flexibility index (Phi) is 3.69. The second kappa shape index (κ2) is 5.60. The van der Waals surface area contributed by atoms with Gasteiger partial charge >= 0.3 is 0 Å². The molecule has 4 heteroatoms. The summed E-state index contributed by atoms with van der Waals surface area (Å²) in [5, 5.41) is 0. The van der Waals surface area contributed by atoms with Gasteiger partial charge < -0.3 is 9.30 Å². The van der Waals surface area contributed by atoms with Crippen molar-refractivity contribution in [3.63, 3.8) is 0 Å². The summed E-state index contributed by atoms with van der Waals surface area (Å²) < 4.78 is 8.00. The second-order valence-corrected chi connectivity index (χ2v) is 8.15. The van der Waals surface area contributed by atoms with Crippen molar-refractivity contribution >= 4 is 11.0 Å². The number of para-hydroxylation sites is 2. The first-order valence-corrected chi connectivity index (χ1v) is 8.80. The Morgan fingerprint density at radius 2 is 2.00 bits per heavy atom. The fourth-order valence-electron chi connectivity index (χ4n) is 3.89. The predicted molar refractivity (Wildman–Crippen MR) is 92.8 cm³/mol. The minimum atomic E-state index is 0.0682. The summed E-state index contributed by atoms with van der Waals surface area (Å²) >= 11 is 0. The van der Waals surface area contributed by atoms with E-state index in [2.05, 4.69) is 54.5 Å². The third-order valence-electron chi connectivity index (χ3n) is 5.11. The van der Waals surface area contributed by atoms with Crippen LogP contribution in [-0.2, 0) is 10.2 Å². The fourth-order valence-corrected chi connectivity index (χ4v) is 3.89. The molecular weight excluding hydrogens is 286 g/mol. The van der Waals surface area contributed by atoms with Gasteiger partial charge in [0.1, 0.15) is 5.82 Å². The number of fused-ring (bicyclic) bond motifs is 1. The highest BCUT2D eigenvalue weighted by atomic mass is 16.5. The van der Waals surface area contributed by atoms with Gasteiger partial charge in [-0.05, 0) is 24.5 Å². The molecule has 1 atom stereocenters. The van der Waals surface area contributed by atoms with E-state index in [9.17, 15) is 0 Å². The van der Waals surface area contributed by atoms with Crippen molar-refractivity contribution < 1.29 is 4.74 Å². The molecule has 1 unspecified atom stereocenters. The number of ether oxygens (including phenoxy) is 1. The summed E-state index contributed by atoms with van der Waals surface area (Å²) in [6, 6.07) is 9.11. The van der Waals surface area contributed by atoms with E-state index in [-0.39, 0.29) is 5.41 Å². The van der Waals surface area contributed by atoms with Gasteiger partial charge in [0.25, 0.3) is 0 Å². The van der Waals surface area contributed by atoms with Crippen LogP contribution in [0.2, 0.25) is 0 Å². The Labute approximate surface area is 138 Å². The number of likely N-dealkylation sites (tertiary alicyclic amines) is 1. The van der Waals surface area contributed by atoms with Crippen LogP contribution in [0.15, 0.2) is 24.3 Å². The lowest BCUT2D eigenvalue weighted by molar-refractivity contribution is 0.0812. The van der Waals surface area contributed by atoms with Gasteiger partial charge in [-0.1, -0.05) is 32.9 Å². The third-order valence-corrected chi connectivity index (χ3v) is 5.11. The van der Waals surface area contributed by atoms with Crippen LogP contribution in [0.3, 0.4) is 0 Å². The summed E-state index contributed by atoms with van der Waals surface area (Å²) in [5.41, 5.74) is 2.48. The minimum absolute atomic E-state index is 0.0682. The van der Waals surface area contributed by atoms with E-state index in [0.717, 1.165) is 37.7 Å². The Hall–Kier alpha value is -1.39. The van der Waals surface area contributed by atoms with Gasteiger partial charge in [-0.25, -0.2) is 4.98 Å². The summed E-state index contributed by atoms with van der Waals surface area (Å²) in [6.07, 6.45) is 1.22. The molecule has 4 nitrogen and oxygen atoms in total. The van der Waals surface area contributed by atoms with E-state index in [1.165, 1.54) is 24.3 Å². The second-order valence-electron chi connectivity index (χ2n) is 8.15. The molecule has 2 aliphatic heterocycles. The number of imidazole rings is 1. The zero-order valence-electron chi connectivity index (χ0n) is 14.5. The maximum absolute atomic E-state index is 5.51. The molecule has 0 saturated carbocycles. The van der Waals surface area contributed by atoms with Crippen molar-refractivity contribution in [3.8, 4) is 0 Å². The van der Waals surface area contributed by atoms with Crippen LogP contribution in [0, 0.1) is 5.92 Å². The van der Waals surface area contributed by atoms with E-state index in [1.807, 2.05) is 0 Å². The van der Waals surface area contributed by atoms with Crippen molar-refractivity contribution in [2.75, 3.05) is 32.8 Å². The molecule has 4 rings (SSSR count). The highest BCUT2D eigenvalue weighted by molar-refractivity contribution is 5.76. The van der Waals surface area contributed by atoms with E-state index < -0.39 is 0 Å². The zero-order chi connectivity index (χ0) is 16.0. The highest BCUT2D eigenvalue weighted by Crippen LogP contribution is 2.33. The molecule has 3 heterocycles. The maximum atomic E-state index is 5.51. The quantitative estimate of drug-likeness (QED) is 0.871. The zero-order valence-corrected chi connectivity index (χ0v) is 14.5. The van der Waals surface area contributed by atoms with Crippen LogP contribution in [0.4, 0.5) is 0 Å². The molecule has 2 aromatic rings. The topological polar surface area (TPSA) is 30.3 Å². The van der Waals surface area contributed by atoms with Crippen LogP contribution in [0.1, 0.15) is 39.1 Å². The molecule has 0 bridgehead atoms. The van der Waals surface area contributed by atoms with Gasteiger partial charge in [0.15, 0.2) is 0 Å². The van der Waals surface area contributed by atoms with Crippen LogP contribution in [0.25, 0.3) is 11.0 Å². The number of aromatic nitrogens is 2. The molecule has 2 fully saturated rings. The number of rotatable bonds is 3. The van der Waals surface area contributed by atoms with Crippen molar-refractivity contribution in [2.24, 2.45) is 5.92 Å². The molecule has 0 N–H and O–H groups in total. The average molecular weight is 313 g/mol. The molecule has 0 spiro atoms. The van der Waals surface area contributed by atoms with Crippen molar-refractivity contribution in [2.45, 2.75) is 38.6 Å². The monoisotopic (exact) mass is 313 g/mol. The van der Waals surface area contributed by atoms with E-state index in [4.69, 9.17) is 9.72 Å². The summed E-state index contributed by atoms with van der Waals surface area (Å²) in [4.78, 5) is 7.51. The smallest absolute Gasteiger partial charge is 0.115 e. The van der Waals surface area contributed by atoms with E-state index >= 15 is 0 Å². The number of hydrogen-bond acceptors (Lipinski definition) is 3. The molecule has 1 aromatic carbocycles. The Balaban J connectivity index is 1.57. The lowest BCUT2D eigenvalue weighted by atomic mass is 9.94. The van der Waals surface area contributed by atoms with E-state index in [0.29, 0.717) is 6.04 Å². The standard InChI is InChI=1S/C19H27N3O/c1-19(2,3)18-20-16-6-4-5-7-17(16)22(18)15-11-21(12-15)10-14-8-9-23-13-14/h4-7,14-15H,8-13H2,1-3H3. The molecule has 0 radical (unpaired) electrons. The first kappa shape index (κ1) is 15.2. The van der Waals surface area contributed by atoms with Crippen LogP contribution in [-0.4, -0.2) is 47.3 Å². The van der Waals surface area contributed by atoms with Crippen molar-refractivity contribution in [3.05, 3.63) is 30.1 Å². The normalized spacial score (nSPS) is 23.5. The average Bonchev–Trinajstić information content (AvgIpc) is 3.09. The number of benzene rings is 1. The first-order valence-electron chi connectivity index (χ1n) is 8.80. The van der Waals surface area contributed by atoms with Gasteiger partial charge in [-0.3, -0.25) is 4.90 Å². The number of nitrogens with zero attached hydrogens (tertiary/aromatic N) is 3. The Morgan fingerprint density at radius 1 is 1.22 bits per heavy atom. The number of hydrogen-bond donors (Lipinski definition) is 0. The molecule has 1 aromatic heterocycles. The lowest BCUT2D eigenvalue weighted by Crippen LogP contribution is -2.50. The van der Waals surface area contributed by atoms with Crippen LogP contribution < -0.4 is 0 Å². The van der Waals surface area contributed by atoms with Gasteiger partial charge in [-0.2, -0.15) is 0 Å². The molecule has 0 aliphatic carbocycles. The van der Waals surface area contributed by atoms with Gasteiger partial charge in [0.05, 0.1) is 23.7 Å². The molecule has 2 saturated heterocycles. The van der Waals surface area contributed by atoms with Crippen molar-refractivity contribution in [1.82, 2.24) is 14.5 Å². The first-order chi connectivity index (χ1) is 11.0. The minimum Gasteiger partial charge on any atom is -0.381 e. The fraction of sp³-hybridized carbons (Fsp3) is 0.632.